The van der Waals surface area contributed by atoms with Crippen molar-refractivity contribution in [1.82, 2.24) is 10.6 Å². The number of rotatable bonds is 6. The van der Waals surface area contributed by atoms with E-state index < -0.39 is 0 Å². The average molecular weight is 252 g/mol. The minimum Gasteiger partial charge on any atom is -0.354 e. The van der Waals surface area contributed by atoms with E-state index in [4.69, 9.17) is 16.9 Å². The van der Waals surface area contributed by atoms with Gasteiger partial charge >= 0.3 is 0 Å². The van der Waals surface area contributed by atoms with Gasteiger partial charge in [0.05, 0.1) is 19.0 Å². The molecule has 1 amide bonds. The Labute approximate surface area is 106 Å². The van der Waals surface area contributed by atoms with Gasteiger partial charge in [0.2, 0.25) is 5.91 Å². The summed E-state index contributed by atoms with van der Waals surface area (Å²) in [7, 11) is 0. The Morgan fingerprint density at radius 3 is 3.00 bits per heavy atom. The predicted octanol–water partition coefficient (Wildman–Crippen LogP) is 1.46. The van der Waals surface area contributed by atoms with Gasteiger partial charge < -0.3 is 10.6 Å². The van der Waals surface area contributed by atoms with Crippen molar-refractivity contribution in [2.75, 3.05) is 13.1 Å². The van der Waals surface area contributed by atoms with Gasteiger partial charge in [0.1, 0.15) is 0 Å². The first-order chi connectivity index (χ1) is 8.22. The molecule has 0 unspecified atom stereocenters. The molecule has 90 valence electrons. The zero-order valence-electron chi connectivity index (χ0n) is 9.37. The van der Waals surface area contributed by atoms with E-state index in [9.17, 15) is 4.79 Å². The van der Waals surface area contributed by atoms with Gasteiger partial charge in [0.15, 0.2) is 0 Å². The van der Waals surface area contributed by atoms with Crippen LogP contribution < -0.4 is 10.6 Å². The fourth-order valence-electron chi connectivity index (χ4n) is 1.29. The molecule has 1 aromatic rings. The second kappa shape index (κ2) is 7.66. The number of hydrogen-bond acceptors (Lipinski definition) is 3. The maximum Gasteiger partial charge on any atom is 0.234 e. The number of benzene rings is 1. The molecule has 0 fully saturated rings. The summed E-state index contributed by atoms with van der Waals surface area (Å²) in [6, 6.07) is 9.42. The molecular weight excluding hydrogens is 238 g/mol. The first kappa shape index (κ1) is 13.5. The van der Waals surface area contributed by atoms with Gasteiger partial charge in [0, 0.05) is 18.1 Å². The molecule has 17 heavy (non-hydrogen) atoms. The van der Waals surface area contributed by atoms with Crippen LogP contribution in [0.1, 0.15) is 12.0 Å². The van der Waals surface area contributed by atoms with Gasteiger partial charge in [-0.25, -0.2) is 0 Å². The maximum atomic E-state index is 11.3. The van der Waals surface area contributed by atoms with Crippen molar-refractivity contribution in [1.29, 1.82) is 5.26 Å². The second-order valence-corrected chi connectivity index (χ2v) is 3.93. The summed E-state index contributed by atoms with van der Waals surface area (Å²) in [5.74, 6) is -0.109. The normalized spacial score (nSPS) is 9.65. The van der Waals surface area contributed by atoms with Crippen LogP contribution in [0.2, 0.25) is 5.02 Å². The third-order valence-electron chi connectivity index (χ3n) is 2.06. The van der Waals surface area contributed by atoms with Gasteiger partial charge in [-0.05, 0) is 17.7 Å². The molecule has 0 aromatic heterocycles. The van der Waals surface area contributed by atoms with Crippen LogP contribution >= 0.6 is 11.6 Å². The molecule has 0 saturated heterocycles. The molecule has 0 aliphatic carbocycles. The number of halogens is 1. The molecule has 0 aliphatic heterocycles. The lowest BCUT2D eigenvalue weighted by molar-refractivity contribution is -0.120. The van der Waals surface area contributed by atoms with Gasteiger partial charge in [-0.3, -0.25) is 4.79 Å². The predicted molar refractivity (Wildman–Crippen MR) is 66.4 cm³/mol. The summed E-state index contributed by atoms with van der Waals surface area (Å²) in [5.41, 5.74) is 1.03. The van der Waals surface area contributed by atoms with E-state index in [1.807, 2.05) is 24.3 Å². The van der Waals surface area contributed by atoms with Crippen LogP contribution in [0.25, 0.3) is 0 Å². The van der Waals surface area contributed by atoms with Crippen molar-refractivity contribution < 1.29 is 4.79 Å². The lowest BCUT2D eigenvalue weighted by atomic mass is 10.2. The van der Waals surface area contributed by atoms with Crippen molar-refractivity contribution in [2.45, 2.75) is 13.0 Å². The molecule has 2 N–H and O–H groups in total. The zero-order chi connectivity index (χ0) is 12.5. The molecule has 4 nitrogen and oxygen atoms in total. The van der Waals surface area contributed by atoms with Crippen LogP contribution in [0.3, 0.4) is 0 Å². The minimum atomic E-state index is -0.109. The highest BCUT2D eigenvalue weighted by molar-refractivity contribution is 6.30. The van der Waals surface area contributed by atoms with E-state index >= 15 is 0 Å². The number of hydrogen-bond donors (Lipinski definition) is 2. The van der Waals surface area contributed by atoms with Crippen LogP contribution in [0, 0.1) is 11.3 Å². The highest BCUT2D eigenvalue weighted by atomic mass is 35.5. The number of carbonyl (C=O) groups excluding carboxylic acids is 1. The van der Waals surface area contributed by atoms with E-state index in [0.717, 1.165) is 5.56 Å². The van der Waals surface area contributed by atoms with Gasteiger partial charge in [-0.15, -0.1) is 0 Å². The van der Waals surface area contributed by atoms with E-state index in [1.165, 1.54) is 0 Å². The van der Waals surface area contributed by atoms with Crippen LogP contribution in [-0.2, 0) is 11.3 Å². The minimum absolute atomic E-state index is 0.109. The van der Waals surface area contributed by atoms with Crippen LogP contribution in [-0.4, -0.2) is 19.0 Å². The third-order valence-corrected chi connectivity index (χ3v) is 2.30. The van der Waals surface area contributed by atoms with Crippen LogP contribution in [0.5, 0.6) is 0 Å². The van der Waals surface area contributed by atoms with E-state index in [1.54, 1.807) is 6.07 Å². The van der Waals surface area contributed by atoms with Crippen molar-refractivity contribution in [2.24, 2.45) is 0 Å². The quantitative estimate of drug-likeness (QED) is 0.753. The van der Waals surface area contributed by atoms with Crippen LogP contribution in [0.15, 0.2) is 24.3 Å². The Morgan fingerprint density at radius 1 is 1.47 bits per heavy atom. The Morgan fingerprint density at radius 2 is 2.29 bits per heavy atom. The summed E-state index contributed by atoms with van der Waals surface area (Å²) in [6.07, 6.45) is 0.333. The van der Waals surface area contributed by atoms with E-state index in [0.29, 0.717) is 24.5 Å². The molecular formula is C12H14ClN3O. The van der Waals surface area contributed by atoms with Crippen molar-refractivity contribution >= 4 is 17.5 Å². The molecule has 0 atom stereocenters. The summed E-state index contributed by atoms with van der Waals surface area (Å²) in [6.45, 7) is 1.22. The Balaban J connectivity index is 2.19. The number of nitrogens with zero attached hydrogens (tertiary/aromatic N) is 1. The molecule has 0 aliphatic rings. The molecule has 0 radical (unpaired) electrons. The molecule has 1 aromatic carbocycles. The summed E-state index contributed by atoms with van der Waals surface area (Å²) in [4.78, 5) is 11.3. The first-order valence-corrected chi connectivity index (χ1v) is 5.69. The van der Waals surface area contributed by atoms with E-state index in [2.05, 4.69) is 10.6 Å². The highest BCUT2D eigenvalue weighted by Crippen LogP contribution is 2.09. The SMILES string of the molecule is N#CCCNC(=O)CNCc1cccc(Cl)c1. The molecule has 5 heteroatoms. The molecule has 0 bridgehead atoms. The fourth-order valence-corrected chi connectivity index (χ4v) is 1.50. The second-order valence-electron chi connectivity index (χ2n) is 3.49. The summed E-state index contributed by atoms with van der Waals surface area (Å²) in [5, 5.41) is 14.6. The Bertz CT molecular complexity index is 414. The van der Waals surface area contributed by atoms with Crippen molar-refractivity contribution in [3.05, 3.63) is 34.9 Å². The smallest absolute Gasteiger partial charge is 0.234 e. The number of nitrogens with one attached hydrogen (secondary N) is 2. The fraction of sp³-hybridized carbons (Fsp3) is 0.333. The summed E-state index contributed by atoms with van der Waals surface area (Å²) >= 11 is 5.83. The third kappa shape index (κ3) is 5.91. The standard InChI is InChI=1S/C12H14ClN3O/c13-11-4-1-3-10(7-11)8-15-9-12(17)16-6-2-5-14/h1,3-4,7,15H,2,6,8-9H2,(H,16,17). The van der Waals surface area contributed by atoms with Gasteiger partial charge in [-0.2, -0.15) is 5.26 Å². The van der Waals surface area contributed by atoms with E-state index in [-0.39, 0.29) is 12.5 Å². The zero-order valence-corrected chi connectivity index (χ0v) is 10.1. The number of nitriles is 1. The lowest BCUT2D eigenvalue weighted by Gasteiger charge is -2.05. The van der Waals surface area contributed by atoms with Crippen molar-refractivity contribution in [3.63, 3.8) is 0 Å². The maximum absolute atomic E-state index is 11.3. The largest absolute Gasteiger partial charge is 0.354 e. The first-order valence-electron chi connectivity index (χ1n) is 5.31. The number of carbonyl (C=O) groups is 1. The lowest BCUT2D eigenvalue weighted by Crippen LogP contribution is -2.34. The Hall–Kier alpha value is -1.57. The molecule has 0 saturated carbocycles. The van der Waals surface area contributed by atoms with Gasteiger partial charge in [-0.1, -0.05) is 23.7 Å². The monoisotopic (exact) mass is 251 g/mol. The Kier molecular flexibility index (Phi) is 6.08. The summed E-state index contributed by atoms with van der Waals surface area (Å²) < 4.78 is 0. The molecule has 0 heterocycles. The van der Waals surface area contributed by atoms with Crippen LogP contribution in [0.4, 0.5) is 0 Å². The average Bonchev–Trinajstić information content (AvgIpc) is 2.29. The topological polar surface area (TPSA) is 64.9 Å². The highest BCUT2D eigenvalue weighted by Gasteiger charge is 2.00. The van der Waals surface area contributed by atoms with Gasteiger partial charge in [0.25, 0.3) is 0 Å². The van der Waals surface area contributed by atoms with Crippen molar-refractivity contribution in [3.8, 4) is 6.07 Å². The molecule has 0 spiro atoms. The number of amides is 1. The molecule has 1 rings (SSSR count).